The molecule has 3 N–H and O–H groups in total. The zero-order chi connectivity index (χ0) is 8.39. The minimum Gasteiger partial charge on any atom is -0.383 e. The predicted molar refractivity (Wildman–Crippen MR) is 53.5 cm³/mol. The van der Waals surface area contributed by atoms with Crippen LogP contribution in [0, 0.1) is 0 Å². The lowest BCUT2D eigenvalue weighted by Gasteiger charge is -1.98. The number of halogens is 1. The van der Waals surface area contributed by atoms with Gasteiger partial charge in [-0.2, -0.15) is 5.10 Å². The van der Waals surface area contributed by atoms with Crippen molar-refractivity contribution in [3.8, 4) is 11.1 Å². The van der Waals surface area contributed by atoms with Crippen LogP contribution in [0.5, 0.6) is 0 Å². The third kappa shape index (κ3) is 1.78. The third-order valence-corrected chi connectivity index (χ3v) is 1.65. The molecule has 0 atom stereocenters. The molecule has 2 rings (SSSR count). The van der Waals surface area contributed by atoms with Gasteiger partial charge in [-0.3, -0.25) is 5.10 Å². The van der Waals surface area contributed by atoms with Crippen molar-refractivity contribution in [1.82, 2.24) is 15.2 Å². The van der Waals surface area contributed by atoms with Gasteiger partial charge in [-0.25, -0.2) is 4.98 Å². The number of H-pyrrole nitrogens is 1. The molecule has 0 aliphatic heterocycles. The molecule has 4 nitrogen and oxygen atoms in total. The second-order valence-electron chi connectivity index (χ2n) is 2.42. The van der Waals surface area contributed by atoms with Crippen LogP contribution in [0.1, 0.15) is 0 Å². The van der Waals surface area contributed by atoms with Crippen LogP contribution in [0.3, 0.4) is 0 Å². The molecule has 0 radical (unpaired) electrons. The van der Waals surface area contributed by atoms with Gasteiger partial charge in [0.15, 0.2) is 0 Å². The average molecular weight is 197 g/mol. The summed E-state index contributed by atoms with van der Waals surface area (Å²) in [6.45, 7) is 0. The normalized spacial score (nSPS) is 9.23. The summed E-state index contributed by atoms with van der Waals surface area (Å²) in [6, 6.07) is 3.76. The number of aromatic amines is 1. The summed E-state index contributed by atoms with van der Waals surface area (Å²) in [4.78, 5) is 3.97. The predicted octanol–water partition coefficient (Wildman–Crippen LogP) is 1.48. The fraction of sp³-hybridized carbons (Fsp3) is 0. The molecule has 2 heterocycles. The standard InChI is InChI=1S/C8H8N4.ClH/c9-8-7(2-1-3-10-8)6-4-11-12-5-6;/h1-5H,(H2,9,10)(H,11,12);1H. The van der Waals surface area contributed by atoms with Gasteiger partial charge in [0.05, 0.1) is 6.20 Å². The van der Waals surface area contributed by atoms with E-state index in [0.717, 1.165) is 11.1 Å². The minimum absolute atomic E-state index is 0. The van der Waals surface area contributed by atoms with Crippen molar-refractivity contribution in [2.24, 2.45) is 0 Å². The summed E-state index contributed by atoms with van der Waals surface area (Å²) in [6.07, 6.45) is 5.17. The van der Waals surface area contributed by atoms with Gasteiger partial charge in [-0.05, 0) is 12.1 Å². The highest BCUT2D eigenvalue weighted by molar-refractivity contribution is 5.85. The molecule has 0 saturated carbocycles. The molecule has 0 bridgehead atoms. The van der Waals surface area contributed by atoms with Crippen molar-refractivity contribution in [2.45, 2.75) is 0 Å². The van der Waals surface area contributed by atoms with Gasteiger partial charge in [0, 0.05) is 23.5 Å². The monoisotopic (exact) mass is 196 g/mol. The van der Waals surface area contributed by atoms with Gasteiger partial charge in [0.2, 0.25) is 0 Å². The number of hydrogen-bond donors (Lipinski definition) is 2. The molecule has 5 heteroatoms. The van der Waals surface area contributed by atoms with Crippen molar-refractivity contribution >= 4 is 18.2 Å². The Balaban J connectivity index is 0.000000845. The summed E-state index contributed by atoms with van der Waals surface area (Å²) < 4.78 is 0. The van der Waals surface area contributed by atoms with Crippen LogP contribution in [0.15, 0.2) is 30.7 Å². The van der Waals surface area contributed by atoms with Crippen molar-refractivity contribution < 1.29 is 0 Å². The summed E-state index contributed by atoms with van der Waals surface area (Å²) in [7, 11) is 0. The van der Waals surface area contributed by atoms with E-state index in [9.17, 15) is 0 Å². The van der Waals surface area contributed by atoms with E-state index in [-0.39, 0.29) is 12.4 Å². The first-order valence-corrected chi connectivity index (χ1v) is 3.57. The average Bonchev–Trinajstić information content (AvgIpc) is 2.57. The minimum atomic E-state index is 0. The number of nitrogen functional groups attached to an aromatic ring is 1. The van der Waals surface area contributed by atoms with E-state index >= 15 is 0 Å². The lowest BCUT2D eigenvalue weighted by molar-refractivity contribution is 1.09. The number of aromatic nitrogens is 3. The molecule has 0 saturated heterocycles. The van der Waals surface area contributed by atoms with Crippen molar-refractivity contribution in [3.05, 3.63) is 30.7 Å². The molecule has 2 aromatic heterocycles. The molecule has 0 unspecified atom stereocenters. The topological polar surface area (TPSA) is 67.6 Å². The van der Waals surface area contributed by atoms with Crippen LogP contribution in [0.4, 0.5) is 5.82 Å². The van der Waals surface area contributed by atoms with E-state index in [0.29, 0.717) is 5.82 Å². The SMILES string of the molecule is Cl.Nc1ncccc1-c1cn[nH]c1. The van der Waals surface area contributed by atoms with Crippen LogP contribution < -0.4 is 5.73 Å². The first-order valence-electron chi connectivity index (χ1n) is 3.57. The zero-order valence-corrected chi connectivity index (χ0v) is 7.58. The molecule has 0 spiro atoms. The Labute approximate surface area is 81.6 Å². The summed E-state index contributed by atoms with van der Waals surface area (Å²) in [5.41, 5.74) is 7.53. The number of pyridine rings is 1. The Morgan fingerprint density at radius 3 is 2.85 bits per heavy atom. The quantitative estimate of drug-likeness (QED) is 0.726. The second kappa shape index (κ2) is 3.91. The number of anilines is 1. The van der Waals surface area contributed by atoms with E-state index in [1.165, 1.54) is 0 Å². The van der Waals surface area contributed by atoms with Gasteiger partial charge in [0.25, 0.3) is 0 Å². The van der Waals surface area contributed by atoms with E-state index in [1.54, 1.807) is 18.6 Å². The molecule has 68 valence electrons. The highest BCUT2D eigenvalue weighted by Gasteiger charge is 2.01. The van der Waals surface area contributed by atoms with E-state index in [2.05, 4.69) is 15.2 Å². The fourth-order valence-electron chi connectivity index (χ4n) is 1.06. The maximum atomic E-state index is 5.66. The van der Waals surface area contributed by atoms with Gasteiger partial charge in [-0.1, -0.05) is 0 Å². The van der Waals surface area contributed by atoms with E-state index < -0.39 is 0 Å². The van der Waals surface area contributed by atoms with Crippen molar-refractivity contribution in [2.75, 3.05) is 5.73 Å². The fourth-order valence-corrected chi connectivity index (χ4v) is 1.06. The van der Waals surface area contributed by atoms with Crippen LogP contribution >= 0.6 is 12.4 Å². The molecule has 0 amide bonds. The van der Waals surface area contributed by atoms with Gasteiger partial charge in [-0.15, -0.1) is 12.4 Å². The highest BCUT2D eigenvalue weighted by atomic mass is 35.5. The lowest BCUT2D eigenvalue weighted by Crippen LogP contribution is -1.91. The van der Waals surface area contributed by atoms with Crippen LogP contribution in [-0.4, -0.2) is 15.2 Å². The number of nitrogens with one attached hydrogen (secondary N) is 1. The lowest BCUT2D eigenvalue weighted by atomic mass is 10.1. The van der Waals surface area contributed by atoms with Gasteiger partial charge < -0.3 is 5.73 Å². The Morgan fingerprint density at radius 2 is 2.23 bits per heavy atom. The smallest absolute Gasteiger partial charge is 0.131 e. The number of nitrogens with zero attached hydrogens (tertiary/aromatic N) is 2. The van der Waals surface area contributed by atoms with Crippen LogP contribution in [0.25, 0.3) is 11.1 Å². The summed E-state index contributed by atoms with van der Waals surface area (Å²) >= 11 is 0. The van der Waals surface area contributed by atoms with Crippen LogP contribution in [-0.2, 0) is 0 Å². The first-order chi connectivity index (χ1) is 5.88. The Morgan fingerprint density at radius 1 is 1.38 bits per heavy atom. The molecular weight excluding hydrogens is 188 g/mol. The second-order valence-corrected chi connectivity index (χ2v) is 2.42. The van der Waals surface area contributed by atoms with Gasteiger partial charge >= 0.3 is 0 Å². The zero-order valence-electron chi connectivity index (χ0n) is 6.77. The number of rotatable bonds is 1. The first kappa shape index (κ1) is 9.54. The summed E-state index contributed by atoms with van der Waals surface area (Å²) in [5, 5.41) is 6.55. The van der Waals surface area contributed by atoms with Crippen molar-refractivity contribution in [1.29, 1.82) is 0 Å². The maximum absolute atomic E-state index is 5.66. The summed E-state index contributed by atoms with van der Waals surface area (Å²) in [5.74, 6) is 0.527. The maximum Gasteiger partial charge on any atom is 0.131 e. The van der Waals surface area contributed by atoms with E-state index in [4.69, 9.17) is 5.73 Å². The molecule has 0 aromatic carbocycles. The number of hydrogen-bond acceptors (Lipinski definition) is 3. The Bertz CT molecular complexity index is 371. The Hall–Kier alpha value is -1.55. The molecule has 13 heavy (non-hydrogen) atoms. The van der Waals surface area contributed by atoms with Crippen molar-refractivity contribution in [3.63, 3.8) is 0 Å². The van der Waals surface area contributed by atoms with E-state index in [1.807, 2.05) is 12.1 Å². The molecule has 0 aliphatic rings. The molecule has 2 aromatic rings. The van der Waals surface area contributed by atoms with Gasteiger partial charge in [0.1, 0.15) is 5.82 Å². The molecule has 0 fully saturated rings. The molecule has 0 aliphatic carbocycles. The Kier molecular flexibility index (Phi) is 2.87. The number of nitrogens with two attached hydrogens (primary N) is 1. The molecular formula is C8H9ClN4. The largest absolute Gasteiger partial charge is 0.383 e. The highest BCUT2D eigenvalue weighted by Crippen LogP contribution is 2.21. The van der Waals surface area contributed by atoms with Crippen LogP contribution in [0.2, 0.25) is 0 Å². The third-order valence-electron chi connectivity index (χ3n) is 1.65.